The Morgan fingerprint density at radius 2 is 1.68 bits per heavy atom. The summed E-state index contributed by atoms with van der Waals surface area (Å²) in [5, 5.41) is 5.10. The number of aromatic nitrogens is 3. The van der Waals surface area contributed by atoms with Crippen molar-refractivity contribution in [1.82, 2.24) is 14.8 Å². The second-order valence-corrected chi connectivity index (χ2v) is 6.37. The number of benzene rings is 2. The monoisotopic (exact) mass is 383 g/mol. The minimum Gasteiger partial charge on any atom is -0.497 e. The lowest BCUT2D eigenvalue weighted by Gasteiger charge is -2.11. The van der Waals surface area contributed by atoms with Crippen molar-refractivity contribution in [2.24, 2.45) is 0 Å². The lowest BCUT2D eigenvalue weighted by atomic mass is 10.1. The summed E-state index contributed by atoms with van der Waals surface area (Å²) in [5.41, 5.74) is 1.34. The van der Waals surface area contributed by atoms with Crippen LogP contribution in [-0.2, 0) is 6.18 Å². The number of para-hydroxylation sites is 1. The Hall–Kier alpha value is -3.35. The van der Waals surface area contributed by atoms with Crippen molar-refractivity contribution < 1.29 is 17.9 Å². The van der Waals surface area contributed by atoms with Crippen LogP contribution in [0.2, 0.25) is 0 Å². The summed E-state index contributed by atoms with van der Waals surface area (Å²) in [7, 11) is 1.53. The number of fused-ring (bicyclic) bond motifs is 1. The molecule has 4 nitrogen and oxygen atoms in total. The summed E-state index contributed by atoms with van der Waals surface area (Å²) in [6, 6.07) is 16.7. The Kier molecular flexibility index (Phi) is 4.30. The van der Waals surface area contributed by atoms with Crippen molar-refractivity contribution in [2.75, 3.05) is 7.11 Å². The molecule has 2 aromatic carbocycles. The molecule has 0 amide bonds. The van der Waals surface area contributed by atoms with Crippen LogP contribution in [0.3, 0.4) is 0 Å². The highest BCUT2D eigenvalue weighted by Crippen LogP contribution is 2.34. The SMILES string of the molecule is COc1ccc(-c2cc(C(F)(F)F)n(-c3cc(C)c4ccccc4n3)n2)cc1. The summed E-state index contributed by atoms with van der Waals surface area (Å²) in [4.78, 5) is 4.40. The highest BCUT2D eigenvalue weighted by atomic mass is 19.4. The zero-order chi connectivity index (χ0) is 19.9. The molecule has 28 heavy (non-hydrogen) atoms. The van der Waals surface area contributed by atoms with Crippen LogP contribution in [0.25, 0.3) is 28.0 Å². The fourth-order valence-electron chi connectivity index (χ4n) is 3.10. The molecule has 0 saturated heterocycles. The third kappa shape index (κ3) is 3.19. The third-order valence-electron chi connectivity index (χ3n) is 4.51. The molecule has 0 spiro atoms. The van der Waals surface area contributed by atoms with Crippen molar-refractivity contribution in [3.63, 3.8) is 0 Å². The van der Waals surface area contributed by atoms with Crippen LogP contribution in [0.5, 0.6) is 5.75 Å². The normalized spacial score (nSPS) is 11.8. The van der Waals surface area contributed by atoms with E-state index in [0.29, 0.717) is 16.8 Å². The molecular formula is C21H16F3N3O. The lowest BCUT2D eigenvalue weighted by molar-refractivity contribution is -0.142. The summed E-state index contributed by atoms with van der Waals surface area (Å²) in [6.07, 6.45) is -4.57. The van der Waals surface area contributed by atoms with Crippen molar-refractivity contribution in [2.45, 2.75) is 13.1 Å². The maximum atomic E-state index is 13.7. The number of ether oxygens (including phenoxy) is 1. The van der Waals surface area contributed by atoms with Crippen LogP contribution in [-0.4, -0.2) is 21.9 Å². The fourth-order valence-corrected chi connectivity index (χ4v) is 3.10. The second kappa shape index (κ2) is 6.67. The molecule has 4 aromatic rings. The lowest BCUT2D eigenvalue weighted by Crippen LogP contribution is -2.14. The Balaban J connectivity index is 1.89. The third-order valence-corrected chi connectivity index (χ3v) is 4.51. The molecule has 4 rings (SSSR count). The number of halogens is 3. The first-order chi connectivity index (χ1) is 13.4. The van der Waals surface area contributed by atoms with E-state index in [1.54, 1.807) is 42.5 Å². The number of aryl methyl sites for hydroxylation is 1. The molecule has 0 N–H and O–H groups in total. The molecule has 2 heterocycles. The van der Waals surface area contributed by atoms with E-state index in [1.165, 1.54) is 7.11 Å². The number of pyridine rings is 1. The topological polar surface area (TPSA) is 39.9 Å². The molecule has 0 saturated carbocycles. The van der Waals surface area contributed by atoms with E-state index in [-0.39, 0.29) is 11.5 Å². The Morgan fingerprint density at radius 3 is 2.36 bits per heavy atom. The van der Waals surface area contributed by atoms with Gasteiger partial charge in [-0.1, -0.05) is 18.2 Å². The van der Waals surface area contributed by atoms with Crippen LogP contribution in [0.15, 0.2) is 60.7 Å². The standard InChI is InChI=1S/C21H16F3N3O/c1-13-11-20(25-17-6-4-3-5-16(13)17)27-19(21(22,23)24)12-18(26-27)14-7-9-15(28-2)10-8-14/h3-12H,1-2H3. The van der Waals surface area contributed by atoms with E-state index in [9.17, 15) is 13.2 Å². The van der Waals surface area contributed by atoms with E-state index in [0.717, 1.165) is 21.7 Å². The number of rotatable bonds is 3. The Labute approximate surface area is 159 Å². The Bertz CT molecular complexity index is 1150. The largest absolute Gasteiger partial charge is 0.497 e. The molecular weight excluding hydrogens is 367 g/mol. The number of hydrogen-bond acceptors (Lipinski definition) is 3. The van der Waals surface area contributed by atoms with Gasteiger partial charge in [-0.2, -0.15) is 18.3 Å². The Morgan fingerprint density at radius 1 is 0.964 bits per heavy atom. The number of methoxy groups -OCH3 is 1. The average molecular weight is 383 g/mol. The molecule has 0 fully saturated rings. The summed E-state index contributed by atoms with van der Waals surface area (Å²) >= 11 is 0. The zero-order valence-corrected chi connectivity index (χ0v) is 15.2. The second-order valence-electron chi connectivity index (χ2n) is 6.37. The van der Waals surface area contributed by atoms with Crippen LogP contribution < -0.4 is 4.74 Å². The van der Waals surface area contributed by atoms with Gasteiger partial charge in [-0.25, -0.2) is 9.67 Å². The molecule has 2 aromatic heterocycles. The number of alkyl halides is 3. The molecule has 142 valence electrons. The molecule has 0 unspecified atom stereocenters. The molecule has 0 atom stereocenters. The summed E-state index contributed by atoms with van der Waals surface area (Å²) in [5.74, 6) is 0.745. The van der Waals surface area contributed by atoms with Gasteiger partial charge in [-0.3, -0.25) is 0 Å². The predicted octanol–water partition coefficient (Wildman–Crippen LogP) is 5.42. The zero-order valence-electron chi connectivity index (χ0n) is 15.2. The van der Waals surface area contributed by atoms with Crippen molar-refractivity contribution in [3.8, 4) is 22.8 Å². The first kappa shape index (κ1) is 18.0. The van der Waals surface area contributed by atoms with Gasteiger partial charge >= 0.3 is 6.18 Å². The van der Waals surface area contributed by atoms with Crippen LogP contribution in [0.1, 0.15) is 11.3 Å². The molecule has 7 heteroatoms. The predicted molar refractivity (Wildman–Crippen MR) is 101 cm³/mol. The molecule has 0 radical (unpaired) electrons. The molecule has 0 aliphatic carbocycles. The molecule has 0 aliphatic heterocycles. The summed E-state index contributed by atoms with van der Waals surface area (Å²) < 4.78 is 47.0. The van der Waals surface area contributed by atoms with Gasteiger partial charge in [0.1, 0.15) is 5.75 Å². The smallest absolute Gasteiger partial charge is 0.433 e. The maximum Gasteiger partial charge on any atom is 0.433 e. The van der Waals surface area contributed by atoms with Gasteiger partial charge < -0.3 is 4.74 Å². The quantitative estimate of drug-likeness (QED) is 0.474. The van der Waals surface area contributed by atoms with Crippen molar-refractivity contribution in [3.05, 3.63) is 71.9 Å². The van der Waals surface area contributed by atoms with E-state index in [1.807, 2.05) is 19.1 Å². The van der Waals surface area contributed by atoms with Gasteiger partial charge in [0.15, 0.2) is 11.5 Å². The van der Waals surface area contributed by atoms with E-state index in [2.05, 4.69) is 10.1 Å². The molecule has 0 bridgehead atoms. The maximum absolute atomic E-state index is 13.7. The first-order valence-electron chi connectivity index (χ1n) is 8.55. The van der Waals surface area contributed by atoms with Crippen molar-refractivity contribution >= 4 is 10.9 Å². The van der Waals surface area contributed by atoms with Crippen LogP contribution >= 0.6 is 0 Å². The summed E-state index contributed by atoms with van der Waals surface area (Å²) in [6.45, 7) is 1.84. The van der Waals surface area contributed by atoms with E-state index in [4.69, 9.17) is 4.74 Å². The number of nitrogens with zero attached hydrogens (tertiary/aromatic N) is 3. The minimum absolute atomic E-state index is 0.128. The van der Waals surface area contributed by atoms with Gasteiger partial charge in [-0.15, -0.1) is 0 Å². The highest BCUT2D eigenvalue weighted by molar-refractivity contribution is 5.82. The van der Waals surface area contributed by atoms with E-state index >= 15 is 0 Å². The minimum atomic E-state index is -4.57. The average Bonchev–Trinajstić information content (AvgIpc) is 3.14. The van der Waals surface area contributed by atoms with E-state index < -0.39 is 11.9 Å². The van der Waals surface area contributed by atoms with Crippen LogP contribution in [0, 0.1) is 6.92 Å². The van der Waals surface area contributed by atoms with Gasteiger partial charge in [0.25, 0.3) is 0 Å². The van der Waals surface area contributed by atoms with Crippen LogP contribution in [0.4, 0.5) is 13.2 Å². The fraction of sp³-hybridized carbons (Fsp3) is 0.143. The number of hydrogen-bond donors (Lipinski definition) is 0. The molecule has 0 aliphatic rings. The van der Waals surface area contributed by atoms with Gasteiger partial charge in [0.2, 0.25) is 0 Å². The van der Waals surface area contributed by atoms with Crippen molar-refractivity contribution in [1.29, 1.82) is 0 Å². The van der Waals surface area contributed by atoms with Gasteiger partial charge in [0, 0.05) is 10.9 Å². The first-order valence-corrected chi connectivity index (χ1v) is 8.55. The van der Waals surface area contributed by atoms with Gasteiger partial charge in [0.05, 0.1) is 18.3 Å². The van der Waals surface area contributed by atoms with Gasteiger partial charge in [-0.05, 0) is 55.0 Å². The highest BCUT2D eigenvalue weighted by Gasteiger charge is 2.37.